The lowest BCUT2D eigenvalue weighted by Gasteiger charge is -2.06. The number of nitro benzene ring substituents is 1. The van der Waals surface area contributed by atoms with Gasteiger partial charge in [-0.3, -0.25) is 10.1 Å². The largest absolute Gasteiger partial charge is 0.461 e. The molecule has 0 unspecified atom stereocenters. The molecule has 0 bridgehead atoms. The van der Waals surface area contributed by atoms with Crippen molar-refractivity contribution in [1.82, 2.24) is 0 Å². The number of carbonyl (C=O) groups is 1. The zero-order chi connectivity index (χ0) is 16.8. The predicted octanol–water partition coefficient (Wildman–Crippen LogP) is 4.85. The number of ether oxygens (including phenoxy) is 1. The Morgan fingerprint density at radius 3 is 2.48 bits per heavy atom. The van der Waals surface area contributed by atoms with E-state index in [1.807, 2.05) is 12.1 Å². The first-order valence-corrected chi connectivity index (χ1v) is 8.21. The summed E-state index contributed by atoms with van der Waals surface area (Å²) >= 11 is 13.2. The minimum Gasteiger partial charge on any atom is -0.461 e. The number of benzene rings is 2. The Balaban J connectivity index is 1.85. The molecule has 120 valence electrons. The number of hydrogen-bond acceptors (Lipinski definition) is 5. The number of thioether (sulfide) groups is 1. The van der Waals surface area contributed by atoms with E-state index < -0.39 is 10.9 Å². The van der Waals surface area contributed by atoms with Crippen molar-refractivity contribution in [3.8, 4) is 0 Å². The van der Waals surface area contributed by atoms with Crippen molar-refractivity contribution in [3.63, 3.8) is 0 Å². The molecule has 5 nitrogen and oxygen atoms in total. The molecule has 2 rings (SSSR count). The molecule has 0 aliphatic heterocycles. The first-order chi connectivity index (χ1) is 11.0. The van der Waals surface area contributed by atoms with Gasteiger partial charge >= 0.3 is 5.97 Å². The highest BCUT2D eigenvalue weighted by Crippen LogP contribution is 2.24. The molecule has 0 saturated carbocycles. The maximum atomic E-state index is 11.9. The van der Waals surface area contributed by atoms with E-state index in [1.54, 1.807) is 12.1 Å². The van der Waals surface area contributed by atoms with Crippen LogP contribution in [0.3, 0.4) is 0 Å². The summed E-state index contributed by atoms with van der Waals surface area (Å²) in [5.74, 6) is -0.0422. The van der Waals surface area contributed by atoms with Crippen molar-refractivity contribution in [3.05, 3.63) is 68.2 Å². The van der Waals surface area contributed by atoms with Gasteiger partial charge in [-0.1, -0.05) is 23.2 Å². The molecule has 2 aromatic carbocycles. The fraction of sp³-hybridized carbons (Fsp3) is 0.133. The SMILES string of the molecule is O=C(OCCSc1ccc(Cl)cc1)c1ccc([N+](=O)[O-])cc1Cl. The van der Waals surface area contributed by atoms with Gasteiger partial charge in [0.1, 0.15) is 6.61 Å². The number of nitrogens with zero attached hydrogens (tertiary/aromatic N) is 1. The Kier molecular flexibility index (Phi) is 6.27. The summed E-state index contributed by atoms with van der Waals surface area (Å²) in [5.41, 5.74) is -0.0707. The van der Waals surface area contributed by atoms with Gasteiger partial charge in [-0.15, -0.1) is 11.8 Å². The molecule has 2 aromatic rings. The highest BCUT2D eigenvalue weighted by molar-refractivity contribution is 7.99. The molecule has 0 radical (unpaired) electrons. The van der Waals surface area contributed by atoms with Gasteiger partial charge in [-0.05, 0) is 30.3 Å². The van der Waals surface area contributed by atoms with Gasteiger partial charge in [0.25, 0.3) is 5.69 Å². The summed E-state index contributed by atoms with van der Waals surface area (Å²) in [5, 5.41) is 11.3. The van der Waals surface area contributed by atoms with Gasteiger partial charge in [-0.2, -0.15) is 0 Å². The molecule has 0 atom stereocenters. The third-order valence-electron chi connectivity index (χ3n) is 2.78. The molecule has 23 heavy (non-hydrogen) atoms. The lowest BCUT2D eigenvalue weighted by Crippen LogP contribution is -2.08. The summed E-state index contributed by atoms with van der Waals surface area (Å²) in [6, 6.07) is 10.9. The van der Waals surface area contributed by atoms with E-state index in [4.69, 9.17) is 27.9 Å². The monoisotopic (exact) mass is 371 g/mol. The highest BCUT2D eigenvalue weighted by atomic mass is 35.5. The zero-order valence-electron chi connectivity index (χ0n) is 11.7. The van der Waals surface area contributed by atoms with Crippen LogP contribution < -0.4 is 0 Å². The Morgan fingerprint density at radius 2 is 1.87 bits per heavy atom. The van der Waals surface area contributed by atoms with Crippen molar-refractivity contribution >= 4 is 46.6 Å². The van der Waals surface area contributed by atoms with Gasteiger partial charge < -0.3 is 4.74 Å². The van der Waals surface area contributed by atoms with E-state index in [1.165, 1.54) is 23.9 Å². The Bertz CT molecular complexity index is 722. The van der Waals surface area contributed by atoms with Crippen LogP contribution in [-0.4, -0.2) is 23.3 Å². The number of non-ortho nitro benzene ring substituents is 1. The van der Waals surface area contributed by atoms with Crippen molar-refractivity contribution in [2.75, 3.05) is 12.4 Å². The molecule has 0 spiro atoms. The van der Waals surface area contributed by atoms with E-state index in [9.17, 15) is 14.9 Å². The smallest absolute Gasteiger partial charge is 0.339 e. The number of carbonyl (C=O) groups excluding carboxylic acids is 1. The van der Waals surface area contributed by atoms with Crippen molar-refractivity contribution in [2.24, 2.45) is 0 Å². The molecule has 0 aromatic heterocycles. The summed E-state index contributed by atoms with van der Waals surface area (Å²) in [4.78, 5) is 23.0. The standard InChI is InChI=1S/C15H11Cl2NO4S/c16-10-1-4-12(5-2-10)23-8-7-22-15(19)13-6-3-11(18(20)21)9-14(13)17/h1-6,9H,7-8H2. The van der Waals surface area contributed by atoms with Gasteiger partial charge in [0.2, 0.25) is 0 Å². The molecule has 0 fully saturated rings. The maximum absolute atomic E-state index is 11.9. The number of esters is 1. The molecule has 0 heterocycles. The third-order valence-corrected chi connectivity index (χ3v) is 4.32. The summed E-state index contributed by atoms with van der Waals surface area (Å²) < 4.78 is 5.11. The maximum Gasteiger partial charge on any atom is 0.339 e. The van der Waals surface area contributed by atoms with Crippen LogP contribution in [0.15, 0.2) is 47.4 Å². The second-order valence-corrected chi connectivity index (χ2v) is 6.37. The molecule has 8 heteroatoms. The predicted molar refractivity (Wildman–Crippen MR) is 90.6 cm³/mol. The van der Waals surface area contributed by atoms with Crippen LogP contribution in [0.4, 0.5) is 5.69 Å². The van der Waals surface area contributed by atoms with Gasteiger partial charge in [0.15, 0.2) is 0 Å². The molecular weight excluding hydrogens is 361 g/mol. The van der Waals surface area contributed by atoms with Crippen LogP contribution in [0.1, 0.15) is 10.4 Å². The van der Waals surface area contributed by atoms with Crippen LogP contribution in [0.5, 0.6) is 0 Å². The summed E-state index contributed by atoms with van der Waals surface area (Å²) in [7, 11) is 0. The number of hydrogen-bond donors (Lipinski definition) is 0. The summed E-state index contributed by atoms with van der Waals surface area (Å²) in [6.07, 6.45) is 0. The Labute approximate surface area is 146 Å². The molecule has 0 N–H and O–H groups in total. The van der Waals surface area contributed by atoms with E-state index in [0.29, 0.717) is 10.8 Å². The number of nitro groups is 1. The molecule has 0 aliphatic rings. The van der Waals surface area contributed by atoms with Crippen LogP contribution in [-0.2, 0) is 4.74 Å². The van der Waals surface area contributed by atoms with Crippen LogP contribution in [0.25, 0.3) is 0 Å². The lowest BCUT2D eigenvalue weighted by atomic mass is 10.2. The van der Waals surface area contributed by atoms with E-state index in [2.05, 4.69) is 0 Å². The molecule has 0 aliphatic carbocycles. The first kappa shape index (κ1) is 17.6. The van der Waals surface area contributed by atoms with Crippen molar-refractivity contribution in [2.45, 2.75) is 4.90 Å². The minimum absolute atomic E-state index is 0.00504. The van der Waals surface area contributed by atoms with Gasteiger partial charge in [0.05, 0.1) is 15.5 Å². The molecule has 0 amide bonds. The van der Waals surface area contributed by atoms with Gasteiger partial charge in [-0.25, -0.2) is 4.79 Å². The van der Waals surface area contributed by atoms with Crippen molar-refractivity contribution < 1.29 is 14.5 Å². The fourth-order valence-electron chi connectivity index (χ4n) is 1.69. The van der Waals surface area contributed by atoms with Gasteiger partial charge in [0, 0.05) is 27.8 Å². The Morgan fingerprint density at radius 1 is 1.17 bits per heavy atom. The normalized spacial score (nSPS) is 10.3. The highest BCUT2D eigenvalue weighted by Gasteiger charge is 2.15. The average Bonchev–Trinajstić information content (AvgIpc) is 2.52. The van der Waals surface area contributed by atoms with Crippen LogP contribution in [0.2, 0.25) is 10.0 Å². The average molecular weight is 372 g/mol. The zero-order valence-corrected chi connectivity index (χ0v) is 14.0. The molecule has 0 saturated heterocycles. The second kappa shape index (κ2) is 8.19. The number of halogens is 2. The third kappa shape index (κ3) is 5.13. The number of rotatable bonds is 6. The van der Waals surface area contributed by atoms with Crippen LogP contribution in [0, 0.1) is 10.1 Å². The Hall–Kier alpha value is -1.76. The topological polar surface area (TPSA) is 69.4 Å². The van der Waals surface area contributed by atoms with Crippen LogP contribution >= 0.6 is 35.0 Å². The molecular formula is C15H11Cl2NO4S. The van der Waals surface area contributed by atoms with Crippen molar-refractivity contribution in [1.29, 1.82) is 0 Å². The fourth-order valence-corrected chi connectivity index (χ4v) is 2.79. The second-order valence-electron chi connectivity index (χ2n) is 4.36. The summed E-state index contributed by atoms with van der Waals surface area (Å²) in [6.45, 7) is 0.194. The van der Waals surface area contributed by atoms with E-state index >= 15 is 0 Å². The van der Waals surface area contributed by atoms with E-state index in [-0.39, 0.29) is 22.9 Å². The lowest BCUT2D eigenvalue weighted by molar-refractivity contribution is -0.384. The minimum atomic E-state index is -0.610. The first-order valence-electron chi connectivity index (χ1n) is 6.47. The van der Waals surface area contributed by atoms with E-state index in [0.717, 1.165) is 11.0 Å². The quantitative estimate of drug-likeness (QED) is 0.238.